The van der Waals surface area contributed by atoms with E-state index in [1.165, 1.54) is 0 Å². The maximum Gasteiger partial charge on any atom is 0.322 e. The molecular weight excluding hydrogens is 316 g/mol. The predicted molar refractivity (Wildman–Crippen MR) is 97.4 cm³/mol. The number of anilines is 1. The second-order valence-corrected chi connectivity index (χ2v) is 6.30. The molecule has 134 valence electrons. The molecule has 0 spiro atoms. The normalized spacial score (nSPS) is 18.0. The highest BCUT2D eigenvalue weighted by molar-refractivity contribution is 5.90. The van der Waals surface area contributed by atoms with Gasteiger partial charge in [-0.15, -0.1) is 0 Å². The van der Waals surface area contributed by atoms with Gasteiger partial charge >= 0.3 is 6.03 Å². The Bertz CT molecular complexity index is 669. The number of rotatable bonds is 5. The van der Waals surface area contributed by atoms with Gasteiger partial charge in [0, 0.05) is 24.4 Å². The lowest BCUT2D eigenvalue weighted by molar-refractivity contribution is 0.134. The number of amides is 2. The van der Waals surface area contributed by atoms with E-state index in [1.807, 2.05) is 48.2 Å². The first kappa shape index (κ1) is 17.5. The lowest BCUT2D eigenvalue weighted by Crippen LogP contribution is -2.38. The number of nitrogens with zero attached hydrogens (tertiary/aromatic N) is 1. The van der Waals surface area contributed by atoms with Crippen LogP contribution in [0, 0.1) is 0 Å². The van der Waals surface area contributed by atoms with Gasteiger partial charge in [0.05, 0.1) is 18.9 Å². The summed E-state index contributed by atoms with van der Waals surface area (Å²) in [5, 5.41) is 3.07. The van der Waals surface area contributed by atoms with Gasteiger partial charge in [-0.2, -0.15) is 0 Å². The molecule has 0 bridgehead atoms. The van der Waals surface area contributed by atoms with Gasteiger partial charge in [-0.1, -0.05) is 31.0 Å². The molecule has 1 N–H and O–H groups in total. The molecule has 0 radical (unpaired) electrons. The Hall–Kier alpha value is -2.27. The number of ether oxygens (including phenoxy) is 1. The summed E-state index contributed by atoms with van der Waals surface area (Å²) in [6.07, 6.45) is 5.87. The van der Waals surface area contributed by atoms with Crippen molar-refractivity contribution in [2.45, 2.75) is 45.3 Å². The molecule has 0 aliphatic carbocycles. The molecule has 1 saturated heterocycles. The molecule has 1 aromatic carbocycles. The third kappa shape index (κ3) is 4.42. The highest BCUT2D eigenvalue weighted by Crippen LogP contribution is 2.31. The number of likely N-dealkylation sites (tertiary alicyclic amines) is 1. The molecule has 2 aromatic rings. The van der Waals surface area contributed by atoms with Crippen LogP contribution in [0.3, 0.4) is 0 Å². The van der Waals surface area contributed by atoms with E-state index in [0.29, 0.717) is 13.2 Å². The van der Waals surface area contributed by atoms with Gasteiger partial charge in [0.25, 0.3) is 0 Å². The van der Waals surface area contributed by atoms with Crippen LogP contribution in [0.1, 0.15) is 50.0 Å². The molecule has 2 amide bonds. The summed E-state index contributed by atoms with van der Waals surface area (Å²) in [6, 6.07) is 11.6. The molecule has 3 rings (SSSR count). The molecule has 1 atom stereocenters. The first-order valence-corrected chi connectivity index (χ1v) is 9.06. The quantitative estimate of drug-likeness (QED) is 0.835. The van der Waals surface area contributed by atoms with Gasteiger partial charge in [0.2, 0.25) is 0 Å². The lowest BCUT2D eigenvalue weighted by atomic mass is 10.1. The van der Waals surface area contributed by atoms with E-state index in [9.17, 15) is 4.79 Å². The lowest BCUT2D eigenvalue weighted by Gasteiger charge is -2.29. The van der Waals surface area contributed by atoms with E-state index in [1.54, 1.807) is 6.26 Å². The third-order valence-electron chi connectivity index (χ3n) is 4.61. The number of carbonyl (C=O) groups is 1. The zero-order valence-corrected chi connectivity index (χ0v) is 14.7. The minimum atomic E-state index is -0.0766. The summed E-state index contributed by atoms with van der Waals surface area (Å²) in [5.74, 6) is 0.861. The van der Waals surface area contributed by atoms with Crippen molar-refractivity contribution >= 4 is 11.7 Å². The summed E-state index contributed by atoms with van der Waals surface area (Å²) < 4.78 is 11.1. The first-order valence-electron chi connectivity index (χ1n) is 9.06. The van der Waals surface area contributed by atoms with Crippen LogP contribution >= 0.6 is 0 Å². The van der Waals surface area contributed by atoms with Crippen molar-refractivity contribution in [3.05, 3.63) is 54.0 Å². The number of para-hydroxylation sites is 1. The van der Waals surface area contributed by atoms with Crippen LogP contribution in [0.4, 0.5) is 10.5 Å². The summed E-state index contributed by atoms with van der Waals surface area (Å²) in [7, 11) is 0. The number of carbonyl (C=O) groups excluding carboxylic acids is 1. The molecule has 25 heavy (non-hydrogen) atoms. The number of furan rings is 1. The number of nitrogens with one attached hydrogen (secondary N) is 1. The van der Waals surface area contributed by atoms with Crippen molar-refractivity contribution in [3.8, 4) is 0 Å². The van der Waals surface area contributed by atoms with Gasteiger partial charge in [0.1, 0.15) is 5.76 Å². The fourth-order valence-corrected chi connectivity index (χ4v) is 3.30. The minimum Gasteiger partial charge on any atom is -0.467 e. The molecule has 1 aliphatic heterocycles. The SMILES string of the molecule is CCOCc1ccccc1NC(=O)N1CCCCC[C@@H]1c1ccco1. The standard InChI is InChI=1S/C20H26N2O3/c1-2-24-15-16-9-5-6-10-17(16)21-20(23)22-13-7-3-4-11-18(22)19-12-8-14-25-19/h5-6,8-10,12,14,18H,2-4,7,11,13,15H2,1H3,(H,21,23)/t18-/m1/s1. The van der Waals surface area contributed by atoms with E-state index in [0.717, 1.165) is 49.2 Å². The third-order valence-corrected chi connectivity index (χ3v) is 4.61. The Labute approximate surface area is 149 Å². The van der Waals surface area contributed by atoms with E-state index < -0.39 is 0 Å². The zero-order valence-electron chi connectivity index (χ0n) is 14.7. The molecule has 5 heteroatoms. The number of urea groups is 1. The Morgan fingerprint density at radius 3 is 2.92 bits per heavy atom. The summed E-state index contributed by atoms with van der Waals surface area (Å²) in [5.41, 5.74) is 1.80. The minimum absolute atomic E-state index is 0.00319. The van der Waals surface area contributed by atoms with Crippen LogP contribution in [0.15, 0.2) is 47.1 Å². The number of hydrogen-bond acceptors (Lipinski definition) is 3. The second kappa shape index (κ2) is 8.72. The number of benzene rings is 1. The fraction of sp³-hybridized carbons (Fsp3) is 0.450. The highest BCUT2D eigenvalue weighted by Gasteiger charge is 2.28. The van der Waals surface area contributed by atoms with Crippen LogP contribution in [0.2, 0.25) is 0 Å². The second-order valence-electron chi connectivity index (χ2n) is 6.30. The Morgan fingerprint density at radius 2 is 2.12 bits per heavy atom. The molecular formula is C20H26N2O3. The molecule has 0 unspecified atom stereocenters. The Balaban J connectivity index is 1.76. The maximum absolute atomic E-state index is 13.0. The van der Waals surface area contributed by atoms with Crippen LogP contribution in [0.5, 0.6) is 0 Å². The zero-order chi connectivity index (χ0) is 17.5. The smallest absolute Gasteiger partial charge is 0.322 e. The average Bonchev–Trinajstić information content (AvgIpc) is 3.05. The van der Waals surface area contributed by atoms with Crippen molar-refractivity contribution < 1.29 is 13.9 Å². The van der Waals surface area contributed by atoms with Gasteiger partial charge < -0.3 is 19.4 Å². The predicted octanol–water partition coefficient (Wildman–Crippen LogP) is 4.97. The maximum atomic E-state index is 13.0. The van der Waals surface area contributed by atoms with E-state index >= 15 is 0 Å². The van der Waals surface area contributed by atoms with Crippen molar-refractivity contribution in [3.63, 3.8) is 0 Å². The van der Waals surface area contributed by atoms with Crippen molar-refractivity contribution in [1.29, 1.82) is 0 Å². The Morgan fingerprint density at radius 1 is 1.24 bits per heavy atom. The van der Waals surface area contributed by atoms with Gasteiger partial charge in [-0.25, -0.2) is 4.79 Å². The van der Waals surface area contributed by atoms with Gasteiger partial charge in [-0.3, -0.25) is 0 Å². The van der Waals surface area contributed by atoms with Crippen molar-refractivity contribution in [2.75, 3.05) is 18.5 Å². The summed E-state index contributed by atoms with van der Waals surface area (Å²) in [6.45, 7) is 3.85. The molecule has 1 fully saturated rings. The topological polar surface area (TPSA) is 54.7 Å². The van der Waals surface area contributed by atoms with Crippen LogP contribution < -0.4 is 5.32 Å². The van der Waals surface area contributed by atoms with Gasteiger partial charge in [-0.05, 0) is 38.0 Å². The molecule has 0 saturated carbocycles. The van der Waals surface area contributed by atoms with E-state index in [2.05, 4.69) is 5.32 Å². The largest absolute Gasteiger partial charge is 0.467 e. The van der Waals surface area contributed by atoms with Crippen molar-refractivity contribution in [1.82, 2.24) is 4.90 Å². The van der Waals surface area contributed by atoms with E-state index in [4.69, 9.17) is 9.15 Å². The van der Waals surface area contributed by atoms with E-state index in [-0.39, 0.29) is 12.1 Å². The van der Waals surface area contributed by atoms with Crippen molar-refractivity contribution in [2.24, 2.45) is 0 Å². The molecule has 5 nitrogen and oxygen atoms in total. The summed E-state index contributed by atoms with van der Waals surface area (Å²) >= 11 is 0. The molecule has 2 heterocycles. The molecule has 1 aliphatic rings. The average molecular weight is 342 g/mol. The van der Waals surface area contributed by atoms with Crippen LogP contribution in [0.25, 0.3) is 0 Å². The van der Waals surface area contributed by atoms with Gasteiger partial charge in [0.15, 0.2) is 0 Å². The first-order chi connectivity index (χ1) is 12.3. The fourth-order valence-electron chi connectivity index (χ4n) is 3.30. The number of hydrogen-bond donors (Lipinski definition) is 1. The highest BCUT2D eigenvalue weighted by atomic mass is 16.5. The molecule has 1 aromatic heterocycles. The Kier molecular flexibility index (Phi) is 6.12. The monoisotopic (exact) mass is 342 g/mol. The van der Waals surface area contributed by atoms with Crippen LogP contribution in [-0.2, 0) is 11.3 Å². The van der Waals surface area contributed by atoms with Crippen LogP contribution in [-0.4, -0.2) is 24.1 Å². The summed E-state index contributed by atoms with van der Waals surface area (Å²) in [4.78, 5) is 14.9.